The Morgan fingerprint density at radius 3 is 2.96 bits per heavy atom. The van der Waals surface area contributed by atoms with Gasteiger partial charge in [0.25, 0.3) is 0 Å². The molecule has 5 rings (SSSR count). The molecule has 3 aromatic heterocycles. The fraction of sp³-hybridized carbons (Fsp3) is 0.333. The number of fused-ring (bicyclic) bond motifs is 3. The van der Waals surface area contributed by atoms with Crippen molar-refractivity contribution in [3.63, 3.8) is 0 Å². The molecule has 4 heterocycles. The van der Waals surface area contributed by atoms with Crippen LogP contribution in [-0.2, 0) is 11.8 Å². The zero-order valence-corrected chi connectivity index (χ0v) is 15.3. The van der Waals surface area contributed by atoms with Gasteiger partial charge in [0.1, 0.15) is 6.04 Å². The van der Waals surface area contributed by atoms with E-state index in [2.05, 4.69) is 31.0 Å². The fourth-order valence-corrected chi connectivity index (χ4v) is 3.44. The number of amides is 1. The van der Waals surface area contributed by atoms with Crippen LogP contribution in [0.3, 0.4) is 0 Å². The van der Waals surface area contributed by atoms with Crippen LogP contribution in [-0.4, -0.2) is 53.1 Å². The second kappa shape index (κ2) is 6.55. The summed E-state index contributed by atoms with van der Waals surface area (Å²) in [6, 6.07) is 7.38. The van der Waals surface area contributed by atoms with Gasteiger partial charge in [0.2, 0.25) is 17.7 Å². The van der Waals surface area contributed by atoms with Crippen LogP contribution in [0, 0.1) is 0 Å². The molecule has 1 aliphatic rings. The normalized spacial score (nSPS) is 17.6. The van der Waals surface area contributed by atoms with Gasteiger partial charge in [0, 0.05) is 19.0 Å². The van der Waals surface area contributed by atoms with Crippen LogP contribution in [0.15, 0.2) is 30.5 Å². The summed E-state index contributed by atoms with van der Waals surface area (Å²) in [6.45, 7) is 0.706. The van der Waals surface area contributed by atoms with Crippen molar-refractivity contribution in [2.45, 2.75) is 25.3 Å². The number of carbonyl (C=O) groups is 1. The maximum Gasteiger partial charge on any atom is 0.242 e. The minimum Gasteiger partial charge on any atom is -0.354 e. The number of hydrogen-bond acceptors (Lipinski definition) is 7. The summed E-state index contributed by atoms with van der Waals surface area (Å²) in [4.78, 5) is 21.8. The molecular formula is C18H19N9O. The summed E-state index contributed by atoms with van der Waals surface area (Å²) >= 11 is 0. The summed E-state index contributed by atoms with van der Waals surface area (Å²) in [5, 5.41) is 19.7. The van der Waals surface area contributed by atoms with Crippen LogP contribution >= 0.6 is 0 Å². The van der Waals surface area contributed by atoms with E-state index in [0.29, 0.717) is 29.7 Å². The zero-order valence-electron chi connectivity index (χ0n) is 15.3. The number of hydrogen-bond donors (Lipinski definition) is 2. The van der Waals surface area contributed by atoms with E-state index in [9.17, 15) is 4.79 Å². The lowest BCUT2D eigenvalue weighted by Gasteiger charge is -2.16. The lowest BCUT2D eigenvalue weighted by molar-refractivity contribution is -0.121. The van der Waals surface area contributed by atoms with Gasteiger partial charge in [-0.2, -0.15) is 4.52 Å². The molecule has 28 heavy (non-hydrogen) atoms. The van der Waals surface area contributed by atoms with E-state index in [0.717, 1.165) is 30.2 Å². The molecule has 0 saturated carbocycles. The topological polar surface area (TPSA) is 115 Å². The number of carbonyl (C=O) groups excluding carboxylic acids is 1. The van der Waals surface area contributed by atoms with Crippen LogP contribution in [0.1, 0.15) is 19.3 Å². The van der Waals surface area contributed by atoms with E-state index in [1.807, 2.05) is 24.3 Å². The summed E-state index contributed by atoms with van der Waals surface area (Å²) in [5.41, 5.74) is 2.01. The lowest BCUT2D eigenvalue weighted by Crippen LogP contribution is -2.38. The van der Waals surface area contributed by atoms with Gasteiger partial charge in [-0.3, -0.25) is 9.48 Å². The highest BCUT2D eigenvalue weighted by atomic mass is 16.2. The first kappa shape index (κ1) is 16.6. The SMILES string of the molecule is Cn1cc(-c2nc3c4ccccc4nc(N[C@@H]4CCCCNC4=O)n3n2)nn1. The van der Waals surface area contributed by atoms with Crippen molar-refractivity contribution in [3.05, 3.63) is 30.5 Å². The van der Waals surface area contributed by atoms with Gasteiger partial charge in [-0.25, -0.2) is 9.97 Å². The van der Waals surface area contributed by atoms with E-state index in [1.165, 1.54) is 0 Å². The molecular weight excluding hydrogens is 358 g/mol. The van der Waals surface area contributed by atoms with Crippen LogP contribution in [0.25, 0.3) is 28.1 Å². The first-order chi connectivity index (χ1) is 13.7. The minimum atomic E-state index is -0.358. The van der Waals surface area contributed by atoms with Crippen molar-refractivity contribution in [1.82, 2.24) is 39.9 Å². The molecule has 1 fully saturated rings. The number of benzene rings is 1. The van der Waals surface area contributed by atoms with Gasteiger partial charge in [0.15, 0.2) is 11.3 Å². The first-order valence-corrected chi connectivity index (χ1v) is 9.25. The Morgan fingerprint density at radius 2 is 2.11 bits per heavy atom. The molecule has 0 unspecified atom stereocenters. The van der Waals surface area contributed by atoms with E-state index in [-0.39, 0.29) is 11.9 Å². The van der Waals surface area contributed by atoms with Crippen molar-refractivity contribution in [3.8, 4) is 11.5 Å². The Bertz CT molecular complexity index is 1180. The summed E-state index contributed by atoms with van der Waals surface area (Å²) in [5.74, 6) is 0.924. The van der Waals surface area contributed by atoms with Gasteiger partial charge >= 0.3 is 0 Å². The number of aryl methyl sites for hydroxylation is 1. The molecule has 1 amide bonds. The molecule has 1 saturated heterocycles. The monoisotopic (exact) mass is 377 g/mol. The van der Waals surface area contributed by atoms with Gasteiger partial charge in [-0.1, -0.05) is 17.3 Å². The predicted molar refractivity (Wildman–Crippen MR) is 103 cm³/mol. The molecule has 0 spiro atoms. The summed E-state index contributed by atoms with van der Waals surface area (Å²) < 4.78 is 3.25. The molecule has 0 bridgehead atoms. The van der Waals surface area contributed by atoms with Crippen LogP contribution in [0.5, 0.6) is 0 Å². The molecule has 0 radical (unpaired) electrons. The zero-order chi connectivity index (χ0) is 19.1. The second-order valence-electron chi connectivity index (χ2n) is 6.88. The maximum absolute atomic E-state index is 12.4. The van der Waals surface area contributed by atoms with Gasteiger partial charge in [-0.15, -0.1) is 10.2 Å². The molecule has 142 valence electrons. The number of nitrogens with zero attached hydrogens (tertiary/aromatic N) is 7. The standard InChI is InChI=1S/C18H19N9O/c1-26-10-14(23-25-26)15-22-16-11-6-2-3-7-12(11)20-18(27(16)24-15)21-13-8-4-5-9-19-17(13)28/h2-3,6-7,10,13H,4-5,8-9H2,1H3,(H,19,28)(H,20,21)/t13-/m1/s1. The number of nitrogens with one attached hydrogen (secondary N) is 2. The van der Waals surface area contributed by atoms with Crippen molar-refractivity contribution in [2.75, 3.05) is 11.9 Å². The predicted octanol–water partition coefficient (Wildman–Crippen LogP) is 1.15. The second-order valence-corrected chi connectivity index (χ2v) is 6.88. The van der Waals surface area contributed by atoms with Crippen molar-refractivity contribution < 1.29 is 4.79 Å². The first-order valence-electron chi connectivity index (χ1n) is 9.25. The highest BCUT2D eigenvalue weighted by Crippen LogP contribution is 2.24. The Hall–Kier alpha value is -3.56. The molecule has 2 N–H and O–H groups in total. The van der Waals surface area contributed by atoms with Crippen LogP contribution < -0.4 is 10.6 Å². The van der Waals surface area contributed by atoms with Crippen LogP contribution in [0.2, 0.25) is 0 Å². The third kappa shape index (κ3) is 2.82. The van der Waals surface area contributed by atoms with Crippen molar-refractivity contribution in [1.29, 1.82) is 0 Å². The molecule has 1 aromatic carbocycles. The van der Waals surface area contributed by atoms with Gasteiger partial charge in [0.05, 0.1) is 11.7 Å². The number of rotatable bonds is 3. The largest absolute Gasteiger partial charge is 0.354 e. The highest BCUT2D eigenvalue weighted by Gasteiger charge is 2.23. The lowest BCUT2D eigenvalue weighted by atomic mass is 10.1. The summed E-state index contributed by atoms with van der Waals surface area (Å²) in [7, 11) is 1.79. The third-order valence-electron chi connectivity index (χ3n) is 4.85. The Kier molecular flexibility index (Phi) is 3.89. The van der Waals surface area contributed by atoms with E-state index in [4.69, 9.17) is 4.98 Å². The minimum absolute atomic E-state index is 0.0186. The van der Waals surface area contributed by atoms with Gasteiger partial charge < -0.3 is 10.6 Å². The number of para-hydroxylation sites is 1. The number of aromatic nitrogens is 7. The van der Waals surface area contributed by atoms with Crippen LogP contribution in [0.4, 0.5) is 5.95 Å². The van der Waals surface area contributed by atoms with E-state index >= 15 is 0 Å². The number of anilines is 1. The average molecular weight is 377 g/mol. The van der Waals surface area contributed by atoms with E-state index < -0.39 is 0 Å². The molecule has 4 aromatic rings. The van der Waals surface area contributed by atoms with Crippen molar-refractivity contribution >= 4 is 28.4 Å². The Morgan fingerprint density at radius 1 is 1.21 bits per heavy atom. The van der Waals surface area contributed by atoms with Crippen molar-refractivity contribution in [2.24, 2.45) is 7.05 Å². The Labute approximate surface area is 160 Å². The summed E-state index contributed by atoms with van der Waals surface area (Å²) in [6.07, 6.45) is 4.45. The molecule has 0 aliphatic carbocycles. The average Bonchev–Trinajstić information content (AvgIpc) is 3.28. The van der Waals surface area contributed by atoms with Gasteiger partial charge in [-0.05, 0) is 31.4 Å². The maximum atomic E-state index is 12.4. The Balaban J connectivity index is 1.66. The van der Waals surface area contributed by atoms with E-state index in [1.54, 1.807) is 22.4 Å². The fourth-order valence-electron chi connectivity index (χ4n) is 3.44. The third-order valence-corrected chi connectivity index (χ3v) is 4.85. The molecule has 1 atom stereocenters. The smallest absolute Gasteiger partial charge is 0.242 e. The quantitative estimate of drug-likeness (QED) is 0.550. The molecule has 10 nitrogen and oxygen atoms in total. The molecule has 10 heteroatoms. The highest BCUT2D eigenvalue weighted by molar-refractivity contribution is 5.93. The molecule has 1 aliphatic heterocycles.